The molecule has 3 heteroatoms. The van der Waals surface area contributed by atoms with E-state index in [9.17, 15) is 5.26 Å². The van der Waals surface area contributed by atoms with E-state index in [0.717, 1.165) is 40.7 Å². The maximum absolute atomic E-state index is 9.36. The van der Waals surface area contributed by atoms with Crippen LogP contribution in [0.25, 0.3) is 10.9 Å². The first-order chi connectivity index (χ1) is 11.2. The molecule has 2 aromatic carbocycles. The summed E-state index contributed by atoms with van der Waals surface area (Å²) < 4.78 is 8.05. The Labute approximate surface area is 136 Å². The van der Waals surface area contributed by atoms with Crippen molar-refractivity contribution in [3.8, 4) is 11.8 Å². The number of para-hydroxylation sites is 2. The van der Waals surface area contributed by atoms with E-state index in [0.29, 0.717) is 6.61 Å². The fourth-order valence-electron chi connectivity index (χ4n) is 2.96. The Morgan fingerprint density at radius 2 is 1.96 bits per heavy atom. The second-order valence-electron chi connectivity index (χ2n) is 5.63. The largest absolute Gasteiger partial charge is 0.491 e. The van der Waals surface area contributed by atoms with Crippen LogP contribution in [0.15, 0.2) is 48.7 Å². The molecule has 3 rings (SSSR count). The first-order valence-electron chi connectivity index (χ1n) is 7.94. The zero-order valence-corrected chi connectivity index (χ0v) is 13.5. The molecule has 0 aliphatic rings. The number of rotatable bonds is 5. The van der Waals surface area contributed by atoms with E-state index in [1.54, 1.807) is 0 Å². The van der Waals surface area contributed by atoms with Gasteiger partial charge in [0.1, 0.15) is 18.4 Å². The molecule has 0 aliphatic heterocycles. The Kier molecular flexibility index (Phi) is 4.34. The van der Waals surface area contributed by atoms with Crippen molar-refractivity contribution >= 4 is 10.9 Å². The predicted octanol–water partition coefficient (Wildman–Crippen LogP) is 4.46. The highest BCUT2D eigenvalue weighted by Gasteiger charge is 2.11. The molecule has 23 heavy (non-hydrogen) atoms. The number of ether oxygens (including phenoxy) is 1. The van der Waals surface area contributed by atoms with Gasteiger partial charge in [0.2, 0.25) is 0 Å². The van der Waals surface area contributed by atoms with Crippen molar-refractivity contribution in [2.45, 2.75) is 26.8 Å². The van der Waals surface area contributed by atoms with Gasteiger partial charge in [-0.05, 0) is 30.5 Å². The van der Waals surface area contributed by atoms with Crippen LogP contribution in [0.4, 0.5) is 0 Å². The van der Waals surface area contributed by atoms with Crippen molar-refractivity contribution in [3.05, 3.63) is 65.4 Å². The molecule has 0 fully saturated rings. The van der Waals surface area contributed by atoms with Crippen LogP contribution in [0.5, 0.6) is 5.75 Å². The fourth-order valence-corrected chi connectivity index (χ4v) is 2.96. The van der Waals surface area contributed by atoms with Gasteiger partial charge in [0.15, 0.2) is 0 Å². The van der Waals surface area contributed by atoms with Gasteiger partial charge in [-0.25, -0.2) is 0 Å². The summed E-state index contributed by atoms with van der Waals surface area (Å²) in [5.41, 5.74) is 4.28. The Balaban J connectivity index is 1.86. The molecule has 0 radical (unpaired) electrons. The third-order valence-corrected chi connectivity index (χ3v) is 4.17. The summed E-state index contributed by atoms with van der Waals surface area (Å²) in [6.45, 7) is 5.49. The molecule has 0 aliphatic carbocycles. The van der Waals surface area contributed by atoms with E-state index in [-0.39, 0.29) is 0 Å². The van der Waals surface area contributed by atoms with Gasteiger partial charge in [0, 0.05) is 11.6 Å². The van der Waals surface area contributed by atoms with E-state index in [2.05, 4.69) is 23.6 Å². The van der Waals surface area contributed by atoms with Crippen molar-refractivity contribution in [1.82, 2.24) is 4.57 Å². The SMILES string of the molecule is CCc1cccc2c(C#N)cn(CCOc3ccccc3C)c12. The smallest absolute Gasteiger partial charge is 0.122 e. The van der Waals surface area contributed by atoms with Crippen molar-refractivity contribution in [1.29, 1.82) is 5.26 Å². The molecular weight excluding hydrogens is 284 g/mol. The van der Waals surface area contributed by atoms with Crippen LogP contribution < -0.4 is 4.74 Å². The minimum absolute atomic E-state index is 0.581. The number of hydrogen-bond acceptors (Lipinski definition) is 2. The average molecular weight is 304 g/mol. The van der Waals surface area contributed by atoms with Crippen LogP contribution >= 0.6 is 0 Å². The van der Waals surface area contributed by atoms with Crippen LogP contribution in [0.1, 0.15) is 23.6 Å². The number of aromatic nitrogens is 1. The van der Waals surface area contributed by atoms with Gasteiger partial charge >= 0.3 is 0 Å². The molecular formula is C20H20N2O. The molecule has 1 aromatic heterocycles. The third kappa shape index (κ3) is 2.93. The molecule has 3 nitrogen and oxygen atoms in total. The second kappa shape index (κ2) is 6.58. The number of aryl methyl sites for hydroxylation is 2. The highest BCUT2D eigenvalue weighted by Crippen LogP contribution is 2.25. The summed E-state index contributed by atoms with van der Waals surface area (Å²) >= 11 is 0. The summed E-state index contributed by atoms with van der Waals surface area (Å²) in [5.74, 6) is 0.917. The van der Waals surface area contributed by atoms with Gasteiger partial charge in [0.05, 0.1) is 17.6 Å². The van der Waals surface area contributed by atoms with Gasteiger partial charge in [-0.2, -0.15) is 5.26 Å². The lowest BCUT2D eigenvalue weighted by atomic mass is 10.1. The average Bonchev–Trinajstić information content (AvgIpc) is 2.95. The van der Waals surface area contributed by atoms with E-state index < -0.39 is 0 Å². The minimum atomic E-state index is 0.581. The van der Waals surface area contributed by atoms with Gasteiger partial charge < -0.3 is 9.30 Å². The first-order valence-corrected chi connectivity index (χ1v) is 7.94. The van der Waals surface area contributed by atoms with E-state index in [1.165, 1.54) is 5.56 Å². The van der Waals surface area contributed by atoms with Crippen LogP contribution in [0.2, 0.25) is 0 Å². The normalized spacial score (nSPS) is 10.7. The number of fused-ring (bicyclic) bond motifs is 1. The van der Waals surface area contributed by atoms with Crippen LogP contribution in [0, 0.1) is 18.3 Å². The lowest BCUT2D eigenvalue weighted by Gasteiger charge is -2.11. The summed E-state index contributed by atoms with van der Waals surface area (Å²) in [4.78, 5) is 0. The molecule has 0 bridgehead atoms. The van der Waals surface area contributed by atoms with E-state index in [1.807, 2.05) is 49.5 Å². The van der Waals surface area contributed by atoms with Crippen molar-refractivity contribution in [3.63, 3.8) is 0 Å². The first kappa shape index (κ1) is 15.2. The van der Waals surface area contributed by atoms with E-state index in [4.69, 9.17) is 4.74 Å². The minimum Gasteiger partial charge on any atom is -0.491 e. The lowest BCUT2D eigenvalue weighted by molar-refractivity contribution is 0.298. The molecule has 0 atom stereocenters. The molecule has 0 saturated carbocycles. The van der Waals surface area contributed by atoms with E-state index >= 15 is 0 Å². The maximum atomic E-state index is 9.36. The van der Waals surface area contributed by atoms with Crippen molar-refractivity contribution in [2.24, 2.45) is 0 Å². The maximum Gasteiger partial charge on any atom is 0.122 e. The molecule has 0 unspecified atom stereocenters. The standard InChI is InChI=1S/C20H20N2O/c1-3-16-8-6-9-18-17(13-21)14-22(20(16)18)11-12-23-19-10-5-4-7-15(19)2/h4-10,14H,3,11-12H2,1-2H3. The Hall–Kier alpha value is -2.73. The molecule has 1 heterocycles. The predicted molar refractivity (Wildman–Crippen MR) is 92.7 cm³/mol. The summed E-state index contributed by atoms with van der Waals surface area (Å²) in [6.07, 6.45) is 2.88. The Morgan fingerprint density at radius 1 is 1.13 bits per heavy atom. The van der Waals surface area contributed by atoms with Gasteiger partial charge in [0.25, 0.3) is 0 Å². The van der Waals surface area contributed by atoms with Crippen molar-refractivity contribution < 1.29 is 4.74 Å². The molecule has 0 spiro atoms. The van der Waals surface area contributed by atoms with Crippen LogP contribution in [-0.4, -0.2) is 11.2 Å². The number of nitriles is 1. The topological polar surface area (TPSA) is 38.0 Å². The van der Waals surface area contributed by atoms with Crippen LogP contribution in [-0.2, 0) is 13.0 Å². The molecule has 0 N–H and O–H groups in total. The molecule has 3 aromatic rings. The zero-order chi connectivity index (χ0) is 16.2. The molecule has 0 saturated heterocycles. The highest BCUT2D eigenvalue weighted by molar-refractivity contribution is 5.89. The Morgan fingerprint density at radius 3 is 2.70 bits per heavy atom. The van der Waals surface area contributed by atoms with Gasteiger partial charge in [-0.3, -0.25) is 0 Å². The number of hydrogen-bond donors (Lipinski definition) is 0. The number of benzene rings is 2. The van der Waals surface area contributed by atoms with Gasteiger partial charge in [-0.1, -0.05) is 43.3 Å². The van der Waals surface area contributed by atoms with Crippen molar-refractivity contribution in [2.75, 3.05) is 6.61 Å². The zero-order valence-electron chi connectivity index (χ0n) is 13.5. The summed E-state index contributed by atoms with van der Waals surface area (Å²) in [6, 6.07) is 16.5. The van der Waals surface area contributed by atoms with Gasteiger partial charge in [-0.15, -0.1) is 0 Å². The summed E-state index contributed by atoms with van der Waals surface area (Å²) in [7, 11) is 0. The van der Waals surface area contributed by atoms with Crippen LogP contribution in [0.3, 0.4) is 0 Å². The second-order valence-corrected chi connectivity index (χ2v) is 5.63. The molecule has 116 valence electrons. The lowest BCUT2D eigenvalue weighted by Crippen LogP contribution is -2.08. The fraction of sp³-hybridized carbons (Fsp3) is 0.250. The number of nitrogens with zero attached hydrogens (tertiary/aromatic N) is 2. The highest BCUT2D eigenvalue weighted by atomic mass is 16.5. The monoisotopic (exact) mass is 304 g/mol. The molecule has 0 amide bonds. The Bertz CT molecular complexity index is 871. The third-order valence-electron chi connectivity index (χ3n) is 4.17. The quantitative estimate of drug-likeness (QED) is 0.698. The summed E-state index contributed by atoms with van der Waals surface area (Å²) in [5, 5.41) is 10.4.